The summed E-state index contributed by atoms with van der Waals surface area (Å²) in [5.74, 6) is -0.0284. The fraction of sp³-hybridized carbons (Fsp3) is 0.583. The van der Waals surface area contributed by atoms with E-state index in [4.69, 9.17) is 16.0 Å². The molecule has 1 aliphatic heterocycles. The van der Waals surface area contributed by atoms with E-state index in [0.717, 1.165) is 32.5 Å². The lowest BCUT2D eigenvalue weighted by molar-refractivity contribution is 0.0692. The molecule has 1 N–H and O–H groups in total. The van der Waals surface area contributed by atoms with Gasteiger partial charge in [-0.1, -0.05) is 6.92 Å². The number of nitrogens with zero attached hydrogens (tertiary/aromatic N) is 1. The molecule has 1 atom stereocenters. The van der Waals surface area contributed by atoms with Crippen LogP contribution < -0.4 is 5.32 Å². The van der Waals surface area contributed by atoms with Gasteiger partial charge in [-0.25, -0.2) is 0 Å². The van der Waals surface area contributed by atoms with Crippen molar-refractivity contribution in [1.29, 1.82) is 0 Å². The van der Waals surface area contributed by atoms with Crippen LogP contribution >= 0.6 is 11.6 Å². The summed E-state index contributed by atoms with van der Waals surface area (Å²) in [5.41, 5.74) is 0.465. The van der Waals surface area contributed by atoms with Gasteiger partial charge in [-0.2, -0.15) is 0 Å². The largest absolute Gasteiger partial charge is 0.452 e. The molecule has 0 aromatic carbocycles. The van der Waals surface area contributed by atoms with Crippen LogP contribution in [-0.4, -0.2) is 36.5 Å². The minimum absolute atomic E-state index is 0.0284. The smallest absolute Gasteiger partial charge is 0.259 e. The Bertz CT molecular complexity index is 386. The van der Waals surface area contributed by atoms with Crippen molar-refractivity contribution >= 4 is 17.5 Å². The fourth-order valence-corrected chi connectivity index (χ4v) is 2.39. The van der Waals surface area contributed by atoms with Crippen molar-refractivity contribution < 1.29 is 9.21 Å². The van der Waals surface area contributed by atoms with Gasteiger partial charge in [0, 0.05) is 19.1 Å². The zero-order valence-electron chi connectivity index (χ0n) is 9.91. The van der Waals surface area contributed by atoms with Gasteiger partial charge in [-0.15, -0.1) is 0 Å². The van der Waals surface area contributed by atoms with Crippen LogP contribution in [0.1, 0.15) is 30.1 Å². The predicted octanol–water partition coefficient (Wildman–Crippen LogP) is 2.15. The van der Waals surface area contributed by atoms with Crippen LogP contribution in [0.3, 0.4) is 0 Å². The number of hydrogen-bond donors (Lipinski definition) is 1. The Labute approximate surface area is 106 Å². The Kier molecular flexibility index (Phi) is 4.07. The minimum atomic E-state index is -0.0284. The summed E-state index contributed by atoms with van der Waals surface area (Å²) in [6, 6.07) is 1.91. The summed E-state index contributed by atoms with van der Waals surface area (Å²) in [7, 11) is 0. The number of amides is 1. The molecule has 5 heteroatoms. The van der Waals surface area contributed by atoms with Crippen molar-refractivity contribution in [3.8, 4) is 0 Å². The first-order valence-electron chi connectivity index (χ1n) is 5.98. The van der Waals surface area contributed by atoms with Gasteiger partial charge in [0.15, 0.2) is 0 Å². The van der Waals surface area contributed by atoms with Crippen LogP contribution in [0, 0.1) is 0 Å². The quantitative estimate of drug-likeness (QED) is 0.898. The lowest BCUT2D eigenvalue weighted by Crippen LogP contribution is -2.42. The third-order valence-electron chi connectivity index (χ3n) is 3.05. The molecule has 17 heavy (non-hydrogen) atoms. The third kappa shape index (κ3) is 2.64. The first kappa shape index (κ1) is 12.5. The highest BCUT2D eigenvalue weighted by Crippen LogP contribution is 2.21. The number of hydrogen-bond acceptors (Lipinski definition) is 3. The van der Waals surface area contributed by atoms with Crippen LogP contribution in [0.15, 0.2) is 16.7 Å². The molecule has 1 fully saturated rings. The summed E-state index contributed by atoms with van der Waals surface area (Å²) in [4.78, 5) is 14.3. The highest BCUT2D eigenvalue weighted by atomic mass is 35.5. The number of nitrogens with one attached hydrogen (secondary N) is 1. The van der Waals surface area contributed by atoms with Crippen LogP contribution in [-0.2, 0) is 0 Å². The molecule has 0 spiro atoms. The van der Waals surface area contributed by atoms with E-state index in [1.807, 2.05) is 4.90 Å². The molecule has 0 aliphatic carbocycles. The summed E-state index contributed by atoms with van der Waals surface area (Å²) in [6.45, 7) is 4.66. The van der Waals surface area contributed by atoms with E-state index in [9.17, 15) is 4.79 Å². The molecule has 0 bridgehead atoms. The molecule has 4 nitrogen and oxygen atoms in total. The number of carbonyl (C=O) groups excluding carboxylic acids is 1. The van der Waals surface area contributed by atoms with Gasteiger partial charge in [0.25, 0.3) is 5.91 Å². The molecule has 0 saturated carbocycles. The topological polar surface area (TPSA) is 45.5 Å². The van der Waals surface area contributed by atoms with Gasteiger partial charge >= 0.3 is 0 Å². The molecule has 1 aliphatic rings. The van der Waals surface area contributed by atoms with E-state index in [2.05, 4.69) is 12.2 Å². The van der Waals surface area contributed by atoms with Gasteiger partial charge in [0.2, 0.25) is 5.22 Å². The van der Waals surface area contributed by atoms with E-state index in [1.165, 1.54) is 6.26 Å². The molecule has 2 heterocycles. The number of carbonyl (C=O) groups is 1. The van der Waals surface area contributed by atoms with Gasteiger partial charge < -0.3 is 14.6 Å². The van der Waals surface area contributed by atoms with Crippen molar-refractivity contribution in [2.24, 2.45) is 0 Å². The van der Waals surface area contributed by atoms with E-state index in [1.54, 1.807) is 6.07 Å². The Balaban J connectivity index is 2.15. The lowest BCUT2D eigenvalue weighted by atomic mass is 10.1. The molecule has 2 rings (SSSR count). The second kappa shape index (κ2) is 5.56. The molecule has 0 radical (unpaired) electrons. The molecule has 1 saturated heterocycles. The predicted molar refractivity (Wildman–Crippen MR) is 66.3 cm³/mol. The molecule has 1 amide bonds. The fourth-order valence-electron chi connectivity index (χ4n) is 2.20. The molecule has 1 aromatic rings. The van der Waals surface area contributed by atoms with E-state index >= 15 is 0 Å². The van der Waals surface area contributed by atoms with E-state index in [0.29, 0.717) is 5.56 Å². The highest BCUT2D eigenvalue weighted by molar-refractivity contribution is 6.32. The van der Waals surface area contributed by atoms with Crippen LogP contribution in [0.5, 0.6) is 0 Å². The van der Waals surface area contributed by atoms with Gasteiger partial charge in [0.1, 0.15) is 0 Å². The van der Waals surface area contributed by atoms with Crippen molar-refractivity contribution in [2.45, 2.75) is 25.8 Å². The summed E-state index contributed by atoms with van der Waals surface area (Å²) in [5, 5.41) is 3.46. The molecule has 94 valence electrons. The molecule has 1 aromatic heterocycles. The maximum atomic E-state index is 12.4. The molecular formula is C12H17ClN2O2. The van der Waals surface area contributed by atoms with Crippen molar-refractivity contribution in [1.82, 2.24) is 10.2 Å². The average Bonchev–Trinajstić information content (AvgIpc) is 2.95. The Morgan fingerprint density at radius 2 is 2.53 bits per heavy atom. The summed E-state index contributed by atoms with van der Waals surface area (Å²) in [6.07, 6.45) is 3.39. The van der Waals surface area contributed by atoms with Crippen LogP contribution in [0.2, 0.25) is 5.22 Å². The van der Waals surface area contributed by atoms with Crippen molar-refractivity contribution in [3.05, 3.63) is 23.1 Å². The number of rotatable bonds is 4. The zero-order chi connectivity index (χ0) is 12.3. The van der Waals surface area contributed by atoms with Crippen LogP contribution in [0.25, 0.3) is 0 Å². The highest BCUT2D eigenvalue weighted by Gasteiger charge is 2.28. The minimum Gasteiger partial charge on any atom is -0.452 e. The van der Waals surface area contributed by atoms with Crippen LogP contribution in [0.4, 0.5) is 0 Å². The normalized spacial score (nSPS) is 19.5. The number of furan rings is 1. The Hall–Kier alpha value is -1.00. The first-order chi connectivity index (χ1) is 8.24. The van der Waals surface area contributed by atoms with Gasteiger partial charge in [-0.05, 0) is 37.1 Å². The maximum Gasteiger partial charge on any atom is 0.259 e. The van der Waals surface area contributed by atoms with Gasteiger partial charge in [-0.3, -0.25) is 4.79 Å². The molecule has 1 unspecified atom stereocenters. The summed E-state index contributed by atoms with van der Waals surface area (Å²) >= 11 is 5.86. The van der Waals surface area contributed by atoms with Crippen molar-refractivity contribution in [3.63, 3.8) is 0 Å². The number of halogens is 1. The second-order valence-electron chi connectivity index (χ2n) is 4.25. The maximum absolute atomic E-state index is 12.4. The second-order valence-corrected chi connectivity index (χ2v) is 4.60. The van der Waals surface area contributed by atoms with Crippen molar-refractivity contribution in [2.75, 3.05) is 19.6 Å². The first-order valence-corrected chi connectivity index (χ1v) is 6.36. The van der Waals surface area contributed by atoms with E-state index < -0.39 is 0 Å². The lowest BCUT2D eigenvalue weighted by Gasteiger charge is -2.27. The van der Waals surface area contributed by atoms with E-state index in [-0.39, 0.29) is 17.2 Å². The Morgan fingerprint density at radius 3 is 3.06 bits per heavy atom. The third-order valence-corrected chi connectivity index (χ3v) is 3.34. The SMILES string of the molecule is CCCN(C(=O)c1ccoc1Cl)C1CCNC1. The standard InChI is InChI=1S/C12H17ClN2O2/c1-2-6-15(9-3-5-14-8-9)12(16)10-4-7-17-11(10)13/h4,7,9,14H,2-3,5-6,8H2,1H3. The monoisotopic (exact) mass is 256 g/mol. The average molecular weight is 257 g/mol. The van der Waals surface area contributed by atoms with Gasteiger partial charge in [0.05, 0.1) is 11.8 Å². The molecular weight excluding hydrogens is 240 g/mol. The zero-order valence-corrected chi connectivity index (χ0v) is 10.7. The summed E-state index contributed by atoms with van der Waals surface area (Å²) < 4.78 is 4.98. The Morgan fingerprint density at radius 1 is 1.71 bits per heavy atom.